The minimum atomic E-state index is 0.215. The third-order valence-corrected chi connectivity index (χ3v) is 3.34. The Hall–Kier alpha value is -2.14. The Kier molecular flexibility index (Phi) is 3.05. The number of fused-ring (bicyclic) bond motifs is 1. The number of hydrogen-bond donors (Lipinski definition) is 1. The van der Waals surface area contributed by atoms with Gasteiger partial charge in [-0.3, -0.25) is 4.90 Å². The first-order chi connectivity index (χ1) is 9.29. The van der Waals surface area contributed by atoms with E-state index in [0.29, 0.717) is 5.82 Å². The zero-order valence-electron chi connectivity index (χ0n) is 10.7. The third-order valence-electron chi connectivity index (χ3n) is 3.34. The second-order valence-electron chi connectivity index (χ2n) is 4.62. The van der Waals surface area contributed by atoms with Crippen LogP contribution in [0.1, 0.15) is 11.3 Å². The Morgan fingerprint density at radius 3 is 3.05 bits per heavy atom. The van der Waals surface area contributed by atoms with Gasteiger partial charge in [-0.05, 0) is 18.6 Å². The van der Waals surface area contributed by atoms with Crippen molar-refractivity contribution in [2.75, 3.05) is 13.1 Å². The summed E-state index contributed by atoms with van der Waals surface area (Å²) < 4.78 is 1.52. The van der Waals surface area contributed by atoms with Gasteiger partial charge in [0.25, 0.3) is 0 Å². The smallest absolute Gasteiger partial charge is 0.219 e. The largest absolute Gasteiger partial charge is 0.493 e. The molecule has 3 heterocycles. The first-order valence-electron chi connectivity index (χ1n) is 6.34. The predicted molar refractivity (Wildman–Crippen MR) is 72.2 cm³/mol. The van der Waals surface area contributed by atoms with Crippen molar-refractivity contribution in [1.29, 1.82) is 0 Å². The van der Waals surface area contributed by atoms with Crippen LogP contribution in [0, 0.1) is 0 Å². The van der Waals surface area contributed by atoms with Gasteiger partial charge in [0.2, 0.25) is 5.88 Å². The summed E-state index contributed by atoms with van der Waals surface area (Å²) in [5, 5.41) is 14.7. The first kappa shape index (κ1) is 11.9. The van der Waals surface area contributed by atoms with Crippen molar-refractivity contribution < 1.29 is 5.11 Å². The highest BCUT2D eigenvalue weighted by Gasteiger charge is 2.24. The average molecular weight is 256 g/mol. The molecule has 2 aromatic heterocycles. The van der Waals surface area contributed by atoms with E-state index in [-0.39, 0.29) is 5.88 Å². The molecule has 5 heteroatoms. The van der Waals surface area contributed by atoms with Crippen molar-refractivity contribution in [3.05, 3.63) is 48.3 Å². The summed E-state index contributed by atoms with van der Waals surface area (Å²) in [6.45, 7) is 6.26. The van der Waals surface area contributed by atoms with Gasteiger partial charge in [0, 0.05) is 31.4 Å². The third kappa shape index (κ3) is 2.13. The molecule has 1 N–H and O–H groups in total. The molecule has 0 spiro atoms. The molecule has 0 fully saturated rings. The lowest BCUT2D eigenvalue weighted by Gasteiger charge is -2.24. The summed E-state index contributed by atoms with van der Waals surface area (Å²) >= 11 is 0. The van der Waals surface area contributed by atoms with Crippen LogP contribution in [0.4, 0.5) is 0 Å². The van der Waals surface area contributed by atoms with Crippen LogP contribution >= 0.6 is 0 Å². The van der Waals surface area contributed by atoms with Crippen molar-refractivity contribution in [1.82, 2.24) is 19.7 Å². The summed E-state index contributed by atoms with van der Waals surface area (Å²) in [5.74, 6) is 0.858. The minimum Gasteiger partial charge on any atom is -0.493 e. The topological polar surface area (TPSA) is 54.2 Å². The van der Waals surface area contributed by atoms with Crippen molar-refractivity contribution in [2.24, 2.45) is 0 Å². The lowest BCUT2D eigenvalue weighted by molar-refractivity contribution is 0.277. The van der Waals surface area contributed by atoms with Crippen LogP contribution < -0.4 is 0 Å². The fourth-order valence-electron chi connectivity index (χ4n) is 2.41. The van der Waals surface area contributed by atoms with Gasteiger partial charge in [0.05, 0.1) is 5.69 Å². The summed E-state index contributed by atoms with van der Waals surface area (Å²) in [4.78, 5) is 6.47. The number of aromatic nitrogens is 3. The molecule has 19 heavy (non-hydrogen) atoms. The molecule has 5 nitrogen and oxygen atoms in total. The number of nitrogens with zero attached hydrogens (tertiary/aromatic N) is 4. The molecule has 3 rings (SSSR count). The molecule has 0 aromatic carbocycles. The van der Waals surface area contributed by atoms with Crippen LogP contribution in [0.5, 0.6) is 5.88 Å². The Balaban J connectivity index is 1.96. The first-order valence-corrected chi connectivity index (χ1v) is 6.34. The highest BCUT2D eigenvalue weighted by Crippen LogP contribution is 2.28. The Morgan fingerprint density at radius 1 is 1.42 bits per heavy atom. The number of hydrogen-bond acceptors (Lipinski definition) is 4. The van der Waals surface area contributed by atoms with E-state index in [1.54, 1.807) is 6.20 Å². The van der Waals surface area contributed by atoms with Crippen LogP contribution in [0.2, 0.25) is 0 Å². The lowest BCUT2D eigenvalue weighted by Crippen LogP contribution is -2.30. The van der Waals surface area contributed by atoms with Crippen LogP contribution in [-0.4, -0.2) is 37.9 Å². The molecular formula is C14H16N4O. The van der Waals surface area contributed by atoms with Crippen LogP contribution in [-0.2, 0) is 13.0 Å². The predicted octanol–water partition coefficient (Wildman–Crippen LogP) is 1.52. The highest BCUT2D eigenvalue weighted by molar-refractivity contribution is 5.38. The molecule has 0 atom stereocenters. The van der Waals surface area contributed by atoms with Gasteiger partial charge in [-0.25, -0.2) is 4.98 Å². The van der Waals surface area contributed by atoms with Gasteiger partial charge in [0.1, 0.15) is 0 Å². The minimum absolute atomic E-state index is 0.215. The monoisotopic (exact) mass is 256 g/mol. The van der Waals surface area contributed by atoms with E-state index in [2.05, 4.69) is 21.6 Å². The molecule has 2 aromatic rings. The lowest BCUT2D eigenvalue weighted by atomic mass is 10.1. The van der Waals surface area contributed by atoms with Crippen LogP contribution in [0.3, 0.4) is 0 Å². The Labute approximate surface area is 111 Å². The number of rotatable bonds is 3. The molecule has 0 radical (unpaired) electrons. The molecule has 0 bridgehead atoms. The van der Waals surface area contributed by atoms with Crippen LogP contribution in [0.25, 0.3) is 5.82 Å². The molecule has 98 valence electrons. The van der Waals surface area contributed by atoms with Gasteiger partial charge in [-0.15, -0.1) is 6.58 Å². The fraction of sp³-hybridized carbons (Fsp3) is 0.286. The molecule has 0 saturated heterocycles. The van der Waals surface area contributed by atoms with Gasteiger partial charge < -0.3 is 5.11 Å². The second kappa shape index (κ2) is 4.85. The van der Waals surface area contributed by atoms with E-state index in [1.165, 1.54) is 4.68 Å². The zero-order chi connectivity index (χ0) is 13.2. The summed E-state index contributed by atoms with van der Waals surface area (Å²) in [6, 6.07) is 5.56. The molecule has 0 aliphatic carbocycles. The van der Waals surface area contributed by atoms with E-state index < -0.39 is 0 Å². The van der Waals surface area contributed by atoms with Gasteiger partial charge in [-0.2, -0.15) is 9.78 Å². The Bertz CT molecular complexity index is 591. The van der Waals surface area contributed by atoms with E-state index in [1.807, 2.05) is 24.3 Å². The van der Waals surface area contributed by atoms with E-state index >= 15 is 0 Å². The van der Waals surface area contributed by atoms with Crippen molar-refractivity contribution in [3.63, 3.8) is 0 Å². The summed E-state index contributed by atoms with van der Waals surface area (Å²) in [7, 11) is 0. The second-order valence-corrected chi connectivity index (χ2v) is 4.62. The van der Waals surface area contributed by atoms with Gasteiger partial charge in [-0.1, -0.05) is 12.1 Å². The molecule has 0 unspecified atom stereocenters. The molecule has 0 saturated carbocycles. The zero-order valence-corrected chi connectivity index (χ0v) is 10.7. The maximum absolute atomic E-state index is 10.3. The van der Waals surface area contributed by atoms with Crippen LogP contribution in [0.15, 0.2) is 37.1 Å². The molecule has 1 aliphatic rings. The van der Waals surface area contributed by atoms with Gasteiger partial charge >= 0.3 is 0 Å². The highest BCUT2D eigenvalue weighted by atomic mass is 16.3. The Morgan fingerprint density at radius 2 is 2.32 bits per heavy atom. The molecular weight excluding hydrogens is 240 g/mol. The quantitative estimate of drug-likeness (QED) is 0.846. The maximum Gasteiger partial charge on any atom is 0.219 e. The normalized spacial score (nSPS) is 15.2. The number of pyridine rings is 1. The molecule has 1 aliphatic heterocycles. The van der Waals surface area contributed by atoms with Crippen molar-refractivity contribution >= 4 is 0 Å². The summed E-state index contributed by atoms with van der Waals surface area (Å²) in [6.07, 6.45) is 4.39. The average Bonchev–Trinajstić information content (AvgIpc) is 2.77. The SMILES string of the molecule is C=CCN1CCc2c(nn(-c3ccccn3)c2O)C1. The van der Waals surface area contributed by atoms with E-state index in [9.17, 15) is 5.11 Å². The van der Waals surface area contributed by atoms with E-state index in [4.69, 9.17) is 0 Å². The molecule has 0 amide bonds. The van der Waals surface area contributed by atoms with Gasteiger partial charge in [0.15, 0.2) is 5.82 Å². The van der Waals surface area contributed by atoms with Crippen molar-refractivity contribution in [3.8, 4) is 11.7 Å². The standard InChI is InChI=1S/C14H16N4O/c1-2-8-17-9-6-11-12(10-17)16-18(14(11)19)13-5-3-4-7-15-13/h2-5,7,19H,1,6,8-10H2. The number of aromatic hydroxyl groups is 1. The maximum atomic E-state index is 10.3. The summed E-state index contributed by atoms with van der Waals surface area (Å²) in [5.41, 5.74) is 1.86. The fourth-order valence-corrected chi connectivity index (χ4v) is 2.41. The van der Waals surface area contributed by atoms with E-state index in [0.717, 1.165) is 37.3 Å². The van der Waals surface area contributed by atoms with Crippen molar-refractivity contribution in [2.45, 2.75) is 13.0 Å².